The number of nitrogens with one attached hydrogen (secondary N) is 4. The Morgan fingerprint density at radius 1 is 1.05 bits per heavy atom. The summed E-state index contributed by atoms with van der Waals surface area (Å²) in [7, 11) is 0. The fraction of sp³-hybridized carbons (Fsp3) is 0.357. The number of carboxylic acid groups (broad SMARTS) is 1. The third kappa shape index (κ3) is 8.68. The van der Waals surface area contributed by atoms with Crippen LogP contribution in [0.4, 0.5) is 25.1 Å². The molecule has 3 aliphatic rings. The molecular formula is C42H43F2N9O7. The van der Waals surface area contributed by atoms with E-state index in [0.717, 1.165) is 18.4 Å². The zero-order chi connectivity index (χ0) is 41.8. The lowest BCUT2D eigenvalue weighted by atomic mass is 9.80. The van der Waals surface area contributed by atoms with Gasteiger partial charge in [0.25, 0.3) is 12.3 Å². The zero-order valence-electron chi connectivity index (χ0n) is 32.4. The first-order valence-corrected chi connectivity index (χ1v) is 19.7. The van der Waals surface area contributed by atoms with E-state index in [2.05, 4.69) is 36.3 Å². The van der Waals surface area contributed by atoms with Gasteiger partial charge in [0.05, 0.1) is 23.6 Å². The summed E-state index contributed by atoms with van der Waals surface area (Å²) in [4.78, 5) is 62.3. The number of anilines is 2. The van der Waals surface area contributed by atoms with Gasteiger partial charge in [0.1, 0.15) is 24.2 Å². The first kappa shape index (κ1) is 40.1. The molecule has 5 N–H and O–H groups in total. The average molecular weight is 824 g/mol. The number of pyridine rings is 1. The minimum Gasteiger partial charge on any atom is -0.479 e. The quantitative estimate of drug-likeness (QED) is 0.0852. The number of nitrogens with zero attached hydrogens (tertiary/aromatic N) is 5. The summed E-state index contributed by atoms with van der Waals surface area (Å²) in [5.74, 6) is -1.30. The van der Waals surface area contributed by atoms with E-state index in [4.69, 9.17) is 9.15 Å². The molecule has 16 nitrogen and oxygen atoms in total. The highest BCUT2D eigenvalue weighted by Crippen LogP contribution is 2.41. The van der Waals surface area contributed by atoms with Gasteiger partial charge in [0, 0.05) is 43.9 Å². The molecule has 1 saturated carbocycles. The number of hydrogen-bond donors (Lipinski definition) is 5. The van der Waals surface area contributed by atoms with Crippen molar-refractivity contribution in [1.82, 2.24) is 35.3 Å². The summed E-state index contributed by atoms with van der Waals surface area (Å²) in [6.45, 7) is 1.41. The van der Waals surface area contributed by atoms with Gasteiger partial charge < -0.3 is 35.5 Å². The molecule has 60 heavy (non-hydrogen) atoms. The van der Waals surface area contributed by atoms with E-state index in [9.17, 15) is 33.1 Å². The van der Waals surface area contributed by atoms with Crippen molar-refractivity contribution < 1.29 is 42.2 Å². The van der Waals surface area contributed by atoms with Crippen molar-refractivity contribution in [3.63, 3.8) is 0 Å². The third-order valence-corrected chi connectivity index (χ3v) is 11.2. The summed E-state index contributed by atoms with van der Waals surface area (Å²) in [5.41, 5.74) is 0.0224. The number of carboxylic acids is 1. The molecule has 2 aliphatic heterocycles. The molecule has 5 aromatic rings. The largest absolute Gasteiger partial charge is 0.479 e. The lowest BCUT2D eigenvalue weighted by Crippen LogP contribution is -2.58. The monoisotopic (exact) mass is 823 g/mol. The second-order valence-electron chi connectivity index (χ2n) is 15.2. The van der Waals surface area contributed by atoms with Crippen molar-refractivity contribution in [2.24, 2.45) is 11.8 Å². The standard InChI is InChI=1S/C42H43F2N9O7/c43-36(44)35-32(49-38(55)33-24-59-39(50-33)28-13-15-45-34(17-28)47-19-25-7-8-25)22-53(51-35)30-11-9-26(10-12-30)20-48-37(54)31-18-29(21-46-31)42(40(56)57)14-4-16-52(42)41(58)60-23-27-5-2-1-3-6-27/h1-3,5-6,9-13,15,17,22,24-25,29,31,36,46H,4,7-8,14,16,18-21,23H2,(H,45,47)(H,48,54)(H,49,55)(H,56,57)/t29-,31+,42+/m1/s1. The van der Waals surface area contributed by atoms with Crippen molar-refractivity contribution in [1.29, 1.82) is 0 Å². The summed E-state index contributed by atoms with van der Waals surface area (Å²) in [6, 6.07) is 18.5. The molecule has 1 aliphatic carbocycles. The highest BCUT2D eigenvalue weighted by Gasteiger charge is 2.58. The van der Waals surface area contributed by atoms with E-state index in [-0.39, 0.29) is 62.3 Å². The van der Waals surface area contributed by atoms with E-state index < -0.39 is 47.6 Å². The number of oxazole rings is 1. The molecule has 2 aromatic carbocycles. The Hall–Kier alpha value is -6.69. The number of aliphatic carboxylic acids is 1. The topological polar surface area (TPSA) is 206 Å². The van der Waals surface area contributed by atoms with Gasteiger partial charge >= 0.3 is 12.1 Å². The lowest BCUT2D eigenvalue weighted by Gasteiger charge is -2.38. The molecule has 0 unspecified atom stereocenters. The molecule has 3 atom stereocenters. The Morgan fingerprint density at radius 2 is 1.85 bits per heavy atom. The van der Waals surface area contributed by atoms with E-state index in [1.807, 2.05) is 30.3 Å². The number of likely N-dealkylation sites (tertiary alicyclic amines) is 1. The maximum absolute atomic E-state index is 14.1. The number of alkyl halides is 2. The van der Waals surface area contributed by atoms with Crippen molar-refractivity contribution >= 4 is 35.4 Å². The second-order valence-corrected chi connectivity index (χ2v) is 15.2. The van der Waals surface area contributed by atoms with Crippen LogP contribution in [-0.2, 0) is 27.5 Å². The normalized spacial score (nSPS) is 19.9. The van der Waals surface area contributed by atoms with Crippen molar-refractivity contribution in [3.8, 4) is 17.1 Å². The average Bonchev–Trinajstić information content (AvgIpc) is 3.70. The van der Waals surface area contributed by atoms with Gasteiger partial charge in [-0.1, -0.05) is 42.5 Å². The first-order valence-electron chi connectivity index (χ1n) is 19.7. The van der Waals surface area contributed by atoms with Gasteiger partial charge in [-0.3, -0.25) is 14.5 Å². The second kappa shape index (κ2) is 17.3. The van der Waals surface area contributed by atoms with Crippen LogP contribution in [-0.4, -0.2) is 84.8 Å². The molecule has 3 amide bonds. The third-order valence-electron chi connectivity index (χ3n) is 11.2. The first-order chi connectivity index (χ1) is 29.1. The Kier molecular flexibility index (Phi) is 11.5. The van der Waals surface area contributed by atoms with Crippen molar-refractivity contribution in [2.75, 3.05) is 30.3 Å². The molecule has 0 spiro atoms. The molecular weight excluding hydrogens is 781 g/mol. The van der Waals surface area contributed by atoms with Gasteiger partial charge in [-0.05, 0) is 73.4 Å². The SMILES string of the molecule is O=C(Nc1cn(-c2ccc(CNC(=O)[C@@H]3C[C@@H]([C@]4(C(=O)O)CCCN4C(=O)OCc4ccccc4)CN3)cc2)nc1C(F)F)c1coc(-c2ccnc(NCC3CC3)c2)n1. The highest BCUT2D eigenvalue weighted by molar-refractivity contribution is 6.03. The van der Waals surface area contributed by atoms with Gasteiger partial charge in [-0.15, -0.1) is 0 Å². The summed E-state index contributed by atoms with van der Waals surface area (Å²) in [6.07, 6.45) is 3.63. The van der Waals surface area contributed by atoms with E-state index in [1.165, 1.54) is 28.6 Å². The number of rotatable bonds is 15. The van der Waals surface area contributed by atoms with Gasteiger partial charge in [0.15, 0.2) is 11.4 Å². The molecule has 8 rings (SSSR count). The molecule has 3 aromatic heterocycles. The predicted molar refractivity (Wildman–Crippen MR) is 212 cm³/mol. The maximum Gasteiger partial charge on any atom is 0.411 e. The van der Waals surface area contributed by atoms with Crippen LogP contribution in [0.15, 0.2) is 89.8 Å². The van der Waals surface area contributed by atoms with Gasteiger partial charge in [-0.25, -0.2) is 33.0 Å². The maximum atomic E-state index is 14.1. The molecule has 312 valence electrons. The fourth-order valence-electron chi connectivity index (χ4n) is 7.80. The molecule has 18 heteroatoms. The van der Waals surface area contributed by atoms with Crippen LogP contribution in [0.3, 0.4) is 0 Å². The van der Waals surface area contributed by atoms with Crippen molar-refractivity contribution in [2.45, 2.75) is 63.3 Å². The van der Waals surface area contributed by atoms with Crippen LogP contribution in [0.25, 0.3) is 17.1 Å². The molecule has 2 saturated heterocycles. The van der Waals surface area contributed by atoms with Crippen molar-refractivity contribution in [3.05, 3.63) is 108 Å². The predicted octanol–water partition coefficient (Wildman–Crippen LogP) is 5.78. The van der Waals surface area contributed by atoms with Gasteiger partial charge in [0.2, 0.25) is 11.8 Å². The Bertz CT molecular complexity index is 2350. The van der Waals surface area contributed by atoms with E-state index in [0.29, 0.717) is 35.0 Å². The molecule has 0 bridgehead atoms. The van der Waals surface area contributed by atoms with Crippen LogP contribution in [0, 0.1) is 11.8 Å². The number of carbonyl (C=O) groups is 4. The summed E-state index contributed by atoms with van der Waals surface area (Å²) < 4.78 is 40.5. The molecule has 5 heterocycles. The van der Waals surface area contributed by atoms with Gasteiger partial charge in [-0.2, -0.15) is 5.10 Å². The number of hydrogen-bond acceptors (Lipinski definition) is 11. The number of halogens is 2. The van der Waals surface area contributed by atoms with E-state index in [1.54, 1.807) is 42.6 Å². The highest BCUT2D eigenvalue weighted by atomic mass is 19.3. The number of carbonyl (C=O) groups excluding carboxylic acids is 3. The fourth-order valence-corrected chi connectivity index (χ4v) is 7.80. The molecule has 3 fully saturated rings. The Labute approximate surface area is 342 Å². The van der Waals surface area contributed by atoms with Crippen LogP contribution >= 0.6 is 0 Å². The molecule has 0 radical (unpaired) electrons. The van der Waals surface area contributed by atoms with Crippen LogP contribution < -0.4 is 21.3 Å². The Morgan fingerprint density at radius 3 is 2.60 bits per heavy atom. The summed E-state index contributed by atoms with van der Waals surface area (Å²) in [5, 5.41) is 26.2. The smallest absolute Gasteiger partial charge is 0.411 e. The number of ether oxygens (including phenoxy) is 1. The number of benzene rings is 2. The van der Waals surface area contributed by atoms with E-state index >= 15 is 0 Å². The van der Waals surface area contributed by atoms with Crippen LogP contribution in [0.1, 0.15) is 65.8 Å². The minimum absolute atomic E-state index is 0.0118. The zero-order valence-corrected chi connectivity index (χ0v) is 32.4. The minimum atomic E-state index is -3.00. The van der Waals surface area contributed by atoms with Crippen LogP contribution in [0.5, 0.6) is 0 Å². The lowest BCUT2D eigenvalue weighted by molar-refractivity contribution is -0.152. The van der Waals surface area contributed by atoms with Crippen LogP contribution in [0.2, 0.25) is 0 Å². The number of aromatic nitrogens is 4. The Balaban J connectivity index is 0.859. The number of amides is 3. The summed E-state index contributed by atoms with van der Waals surface area (Å²) >= 11 is 0.